The molecule has 1 heterocycles. The lowest BCUT2D eigenvalue weighted by Gasteiger charge is -2.02. The number of nitro groups is 1. The highest BCUT2D eigenvalue weighted by Crippen LogP contribution is 2.25. The Labute approximate surface area is 158 Å². The van der Waals surface area contributed by atoms with Crippen molar-refractivity contribution < 1.29 is 14.8 Å². The maximum atomic E-state index is 11.6. The van der Waals surface area contributed by atoms with Gasteiger partial charge in [-0.2, -0.15) is 4.37 Å². The Kier molecular flexibility index (Phi) is 7.07. The van der Waals surface area contributed by atoms with Gasteiger partial charge in [0.05, 0.1) is 22.6 Å². The van der Waals surface area contributed by atoms with E-state index in [2.05, 4.69) is 9.69 Å². The minimum Gasteiger partial charge on any atom is -0.508 e. The molecule has 0 saturated heterocycles. The van der Waals surface area contributed by atoms with Crippen LogP contribution >= 0.6 is 23.1 Å². The van der Waals surface area contributed by atoms with Crippen LogP contribution in [0.3, 0.4) is 0 Å². The number of phenolic OH excluding ortho intramolecular Hbond substituents is 1. The van der Waals surface area contributed by atoms with E-state index in [-0.39, 0.29) is 17.3 Å². The number of aromatic nitrogens is 1. The Morgan fingerprint density at radius 3 is 2.38 bits per heavy atom. The normalized spacial score (nSPS) is 9.73. The molecule has 2 aromatic carbocycles. The van der Waals surface area contributed by atoms with Gasteiger partial charge in [-0.3, -0.25) is 14.9 Å². The molecule has 1 amide bonds. The summed E-state index contributed by atoms with van der Waals surface area (Å²) in [6, 6.07) is 14.6. The number of phenols is 1. The molecule has 0 spiro atoms. The molecule has 0 radical (unpaired) electrons. The summed E-state index contributed by atoms with van der Waals surface area (Å²) in [5.74, 6) is -0.0528. The summed E-state index contributed by atoms with van der Waals surface area (Å²) in [5, 5.41) is 22.6. The monoisotopic (exact) mass is 391 g/mol. The van der Waals surface area contributed by atoms with Crippen molar-refractivity contribution in [3.8, 4) is 5.75 Å². The van der Waals surface area contributed by atoms with Gasteiger partial charge in [0, 0.05) is 12.1 Å². The fraction of sp³-hybridized carbons (Fsp3) is 0.0588. The summed E-state index contributed by atoms with van der Waals surface area (Å²) in [6.07, 6.45) is 1.86. The lowest BCUT2D eigenvalue weighted by molar-refractivity contribution is -0.384. The number of nitro benzene ring substituents is 1. The standard InChI is InChI=1S/C11H9ClN2OS.C6H5NO3/c12-9-7-13-16-11(9)14-10(15)6-8-4-2-1-3-5-8;8-6-3-1-5(2-4-6)7(9)10/h1-5,7H,6H2,(H,14,15);1-4,8H. The first-order valence-corrected chi connectivity index (χ1v) is 8.48. The number of non-ortho nitro benzene ring substituents is 1. The molecular formula is C17H14ClN3O4S. The fourth-order valence-electron chi connectivity index (χ4n) is 1.84. The highest BCUT2D eigenvalue weighted by Gasteiger charge is 2.08. The van der Waals surface area contributed by atoms with Crippen LogP contribution in [0.2, 0.25) is 5.02 Å². The Hall–Kier alpha value is -2.97. The number of carbonyl (C=O) groups excluding carboxylic acids is 1. The average molecular weight is 392 g/mol. The highest BCUT2D eigenvalue weighted by molar-refractivity contribution is 7.11. The van der Waals surface area contributed by atoms with Gasteiger partial charge in [0.2, 0.25) is 5.91 Å². The van der Waals surface area contributed by atoms with Crippen LogP contribution in [0.15, 0.2) is 60.8 Å². The maximum Gasteiger partial charge on any atom is 0.269 e. The first-order valence-electron chi connectivity index (χ1n) is 7.33. The maximum absolute atomic E-state index is 11.6. The van der Waals surface area contributed by atoms with Crippen molar-refractivity contribution in [3.05, 3.63) is 81.5 Å². The van der Waals surface area contributed by atoms with Crippen molar-refractivity contribution in [1.29, 1.82) is 0 Å². The molecule has 0 fully saturated rings. The summed E-state index contributed by atoms with van der Waals surface area (Å²) in [4.78, 5) is 21.2. The summed E-state index contributed by atoms with van der Waals surface area (Å²) >= 11 is 6.99. The quantitative estimate of drug-likeness (QED) is 0.510. The van der Waals surface area contributed by atoms with E-state index in [1.807, 2.05) is 30.3 Å². The lowest BCUT2D eigenvalue weighted by Crippen LogP contribution is -2.13. The second-order valence-electron chi connectivity index (χ2n) is 4.99. The summed E-state index contributed by atoms with van der Waals surface area (Å²) in [7, 11) is 0. The molecule has 0 unspecified atom stereocenters. The molecule has 9 heteroatoms. The van der Waals surface area contributed by atoms with E-state index in [1.165, 1.54) is 42.0 Å². The predicted molar refractivity (Wildman–Crippen MR) is 101 cm³/mol. The number of halogens is 1. The Bertz CT molecular complexity index is 869. The average Bonchev–Trinajstić information content (AvgIpc) is 3.01. The minimum atomic E-state index is -0.514. The lowest BCUT2D eigenvalue weighted by atomic mass is 10.1. The van der Waals surface area contributed by atoms with Gasteiger partial charge in [-0.25, -0.2) is 0 Å². The van der Waals surface area contributed by atoms with Crippen molar-refractivity contribution in [2.75, 3.05) is 5.32 Å². The van der Waals surface area contributed by atoms with E-state index in [4.69, 9.17) is 16.7 Å². The topological polar surface area (TPSA) is 105 Å². The number of nitrogens with zero attached hydrogens (tertiary/aromatic N) is 2. The van der Waals surface area contributed by atoms with Crippen molar-refractivity contribution in [3.63, 3.8) is 0 Å². The van der Waals surface area contributed by atoms with Crippen LogP contribution < -0.4 is 5.32 Å². The molecule has 0 aliphatic heterocycles. The number of rotatable bonds is 4. The number of carbonyl (C=O) groups is 1. The third-order valence-corrected chi connectivity index (χ3v) is 4.16. The van der Waals surface area contributed by atoms with Crippen molar-refractivity contribution in [2.45, 2.75) is 6.42 Å². The number of hydrogen-bond acceptors (Lipinski definition) is 6. The molecule has 134 valence electrons. The zero-order valence-electron chi connectivity index (χ0n) is 13.3. The number of benzene rings is 2. The first-order chi connectivity index (χ1) is 12.5. The van der Waals surface area contributed by atoms with Crippen LogP contribution in [-0.2, 0) is 11.2 Å². The second kappa shape index (κ2) is 9.50. The molecule has 2 N–H and O–H groups in total. The summed E-state index contributed by atoms with van der Waals surface area (Å²) in [5.41, 5.74) is 0.957. The zero-order chi connectivity index (χ0) is 18.9. The number of aromatic hydroxyl groups is 1. The van der Waals surface area contributed by atoms with Gasteiger partial charge in [-0.05, 0) is 29.2 Å². The van der Waals surface area contributed by atoms with E-state index < -0.39 is 4.92 Å². The summed E-state index contributed by atoms with van der Waals surface area (Å²) in [6.45, 7) is 0. The van der Waals surface area contributed by atoms with Crippen molar-refractivity contribution in [2.24, 2.45) is 0 Å². The molecule has 3 aromatic rings. The van der Waals surface area contributed by atoms with E-state index in [9.17, 15) is 14.9 Å². The third kappa shape index (κ3) is 6.15. The molecule has 3 rings (SSSR count). The van der Waals surface area contributed by atoms with E-state index in [0.717, 1.165) is 5.56 Å². The molecule has 0 aliphatic carbocycles. The SMILES string of the molecule is O=C(Cc1ccccc1)Nc1sncc1Cl.O=[N+]([O-])c1ccc(O)cc1. The molecule has 0 aliphatic rings. The van der Waals surface area contributed by atoms with Crippen LogP contribution in [0.1, 0.15) is 5.56 Å². The van der Waals surface area contributed by atoms with Gasteiger partial charge in [-0.15, -0.1) is 0 Å². The molecule has 1 aromatic heterocycles. The predicted octanol–water partition coefficient (Wildman–Crippen LogP) is 4.28. The molecule has 26 heavy (non-hydrogen) atoms. The first kappa shape index (κ1) is 19.4. The Balaban J connectivity index is 0.000000209. The Morgan fingerprint density at radius 2 is 1.85 bits per heavy atom. The van der Waals surface area contributed by atoms with Crippen LogP contribution in [0.4, 0.5) is 10.7 Å². The van der Waals surface area contributed by atoms with Crippen molar-refractivity contribution in [1.82, 2.24) is 4.37 Å². The van der Waals surface area contributed by atoms with Crippen LogP contribution in [0, 0.1) is 10.1 Å². The summed E-state index contributed by atoms with van der Waals surface area (Å²) < 4.78 is 3.88. The second-order valence-corrected chi connectivity index (χ2v) is 6.20. The number of hydrogen-bond donors (Lipinski definition) is 2. The van der Waals surface area contributed by atoms with E-state index in [1.54, 1.807) is 0 Å². The number of amides is 1. The third-order valence-electron chi connectivity index (χ3n) is 3.05. The Morgan fingerprint density at radius 1 is 1.19 bits per heavy atom. The van der Waals surface area contributed by atoms with Gasteiger partial charge in [-0.1, -0.05) is 41.9 Å². The van der Waals surface area contributed by atoms with Gasteiger partial charge >= 0.3 is 0 Å². The molecule has 7 nitrogen and oxygen atoms in total. The molecular weight excluding hydrogens is 378 g/mol. The zero-order valence-corrected chi connectivity index (χ0v) is 14.9. The van der Waals surface area contributed by atoms with E-state index >= 15 is 0 Å². The van der Waals surface area contributed by atoms with Crippen LogP contribution in [0.25, 0.3) is 0 Å². The molecule has 0 atom stereocenters. The van der Waals surface area contributed by atoms with Gasteiger partial charge < -0.3 is 10.4 Å². The van der Waals surface area contributed by atoms with Gasteiger partial charge in [0.25, 0.3) is 5.69 Å². The minimum absolute atomic E-state index is 0.0159. The largest absolute Gasteiger partial charge is 0.508 e. The van der Waals surface area contributed by atoms with Gasteiger partial charge in [0.1, 0.15) is 10.8 Å². The smallest absolute Gasteiger partial charge is 0.269 e. The van der Waals surface area contributed by atoms with Crippen molar-refractivity contribution >= 4 is 39.7 Å². The van der Waals surface area contributed by atoms with Crippen LogP contribution in [0.5, 0.6) is 5.75 Å². The molecule has 0 saturated carbocycles. The fourth-order valence-corrected chi connectivity index (χ4v) is 2.66. The van der Waals surface area contributed by atoms with Crippen LogP contribution in [-0.4, -0.2) is 20.3 Å². The molecule has 0 bridgehead atoms. The van der Waals surface area contributed by atoms with Gasteiger partial charge in [0.15, 0.2) is 0 Å². The number of anilines is 1. The number of nitrogens with one attached hydrogen (secondary N) is 1. The highest BCUT2D eigenvalue weighted by atomic mass is 35.5. The van der Waals surface area contributed by atoms with E-state index in [0.29, 0.717) is 16.4 Å².